The Hall–Kier alpha value is -3.64. The second kappa shape index (κ2) is 6.21. The summed E-state index contributed by atoms with van der Waals surface area (Å²) in [6.45, 7) is 0.275. The molecule has 1 amide bonds. The molecule has 0 saturated heterocycles. The molecule has 0 spiro atoms. The molecular weight excluding hydrogens is 354 g/mol. The summed E-state index contributed by atoms with van der Waals surface area (Å²) in [5, 5.41) is 13.1. The van der Waals surface area contributed by atoms with Gasteiger partial charge in [0.15, 0.2) is 0 Å². The second-order valence-electron chi connectivity index (χ2n) is 6.76. The Balaban J connectivity index is 1.66. The number of benzene rings is 2. The number of carbonyl (C=O) groups is 1. The van der Waals surface area contributed by atoms with Gasteiger partial charge in [0.2, 0.25) is 0 Å². The highest BCUT2D eigenvalue weighted by molar-refractivity contribution is 6.30. The van der Waals surface area contributed by atoms with Crippen molar-refractivity contribution in [2.75, 3.05) is 18.5 Å². The lowest BCUT2D eigenvalue weighted by atomic mass is 10.0. The van der Waals surface area contributed by atoms with E-state index in [1.165, 1.54) is 7.05 Å². The van der Waals surface area contributed by atoms with Crippen LogP contribution in [0.3, 0.4) is 0 Å². The maximum absolute atomic E-state index is 13.2. The zero-order valence-corrected chi connectivity index (χ0v) is 15.2. The minimum Gasteiger partial charge on any atom is -0.456 e. The van der Waals surface area contributed by atoms with Gasteiger partial charge in [-0.1, -0.05) is 24.3 Å². The third-order valence-corrected chi connectivity index (χ3v) is 5.07. The quantitative estimate of drug-likeness (QED) is 0.550. The Labute approximate surface area is 160 Å². The summed E-state index contributed by atoms with van der Waals surface area (Å²) in [5.41, 5.74) is 4.02. The second-order valence-corrected chi connectivity index (χ2v) is 6.76. The molecule has 0 bridgehead atoms. The largest absolute Gasteiger partial charge is 0.456 e. The van der Waals surface area contributed by atoms with Crippen molar-refractivity contribution >= 4 is 39.1 Å². The van der Waals surface area contributed by atoms with Crippen LogP contribution in [-0.2, 0) is 4.79 Å². The van der Waals surface area contributed by atoms with Crippen LogP contribution in [0, 0.1) is 0 Å². The summed E-state index contributed by atoms with van der Waals surface area (Å²) in [6.07, 6.45) is 3.30. The predicted molar refractivity (Wildman–Crippen MR) is 107 cm³/mol. The Morgan fingerprint density at radius 3 is 2.68 bits per heavy atom. The lowest BCUT2D eigenvalue weighted by Gasteiger charge is -2.17. The van der Waals surface area contributed by atoms with Crippen molar-refractivity contribution < 1.29 is 14.4 Å². The lowest BCUT2D eigenvalue weighted by molar-refractivity contribution is -0.112. The van der Waals surface area contributed by atoms with Crippen molar-refractivity contribution in [1.29, 1.82) is 0 Å². The van der Waals surface area contributed by atoms with Gasteiger partial charge in [-0.05, 0) is 35.9 Å². The first-order valence-corrected chi connectivity index (χ1v) is 8.93. The van der Waals surface area contributed by atoms with Crippen LogP contribution in [-0.4, -0.2) is 34.8 Å². The molecule has 0 unspecified atom stereocenters. The first-order valence-electron chi connectivity index (χ1n) is 8.93. The number of amides is 1. The Kier molecular flexibility index (Phi) is 3.67. The number of fused-ring (bicyclic) bond motifs is 3. The normalized spacial score (nSPS) is 14.5. The van der Waals surface area contributed by atoms with E-state index in [4.69, 9.17) is 4.42 Å². The molecule has 0 radical (unpaired) electrons. The van der Waals surface area contributed by atoms with Crippen molar-refractivity contribution in [3.8, 4) is 0 Å². The average molecular weight is 371 g/mol. The predicted octanol–water partition coefficient (Wildman–Crippen LogP) is 4.06. The molecule has 6 nitrogen and oxygen atoms in total. The van der Waals surface area contributed by atoms with Gasteiger partial charge in [0.1, 0.15) is 11.2 Å². The molecule has 4 aromatic rings. The maximum Gasteiger partial charge on any atom is 0.261 e. The lowest BCUT2D eigenvalue weighted by Crippen LogP contribution is -2.27. The van der Waals surface area contributed by atoms with Crippen molar-refractivity contribution in [3.05, 3.63) is 78.3 Å². The molecule has 2 aromatic carbocycles. The van der Waals surface area contributed by atoms with E-state index < -0.39 is 0 Å². The minimum absolute atomic E-state index is 0.170. The van der Waals surface area contributed by atoms with Crippen LogP contribution in [0.1, 0.15) is 5.56 Å². The number of hydroxylamine groups is 2. The minimum atomic E-state index is -0.170. The van der Waals surface area contributed by atoms with Crippen molar-refractivity contribution in [1.82, 2.24) is 10.0 Å². The van der Waals surface area contributed by atoms with E-state index in [-0.39, 0.29) is 12.5 Å². The van der Waals surface area contributed by atoms with Gasteiger partial charge in [0.05, 0.1) is 29.7 Å². The molecule has 2 aromatic heterocycles. The third kappa shape index (κ3) is 2.46. The summed E-state index contributed by atoms with van der Waals surface area (Å²) in [7, 11) is 1.53. The zero-order chi connectivity index (χ0) is 19.3. The number of aromatic nitrogens is 1. The highest BCUT2D eigenvalue weighted by Crippen LogP contribution is 2.36. The molecule has 28 heavy (non-hydrogen) atoms. The van der Waals surface area contributed by atoms with E-state index in [1.807, 2.05) is 48.5 Å². The molecule has 1 N–H and O–H groups in total. The number of hydrogen-bond donors (Lipinski definition) is 1. The molecule has 1 aliphatic heterocycles. The summed E-state index contributed by atoms with van der Waals surface area (Å²) in [5.74, 6) is -0.170. The topological polar surface area (TPSA) is 69.8 Å². The molecule has 0 atom stereocenters. The van der Waals surface area contributed by atoms with Crippen molar-refractivity contribution in [3.63, 3.8) is 0 Å². The highest BCUT2D eigenvalue weighted by Gasteiger charge is 2.34. The number of pyridine rings is 1. The van der Waals surface area contributed by atoms with E-state index >= 15 is 0 Å². The van der Waals surface area contributed by atoms with Gasteiger partial charge < -0.3 is 9.32 Å². The Morgan fingerprint density at radius 2 is 1.89 bits per heavy atom. The number of anilines is 1. The van der Waals surface area contributed by atoms with Crippen LogP contribution in [0.25, 0.3) is 27.5 Å². The van der Waals surface area contributed by atoms with Crippen LogP contribution < -0.4 is 4.90 Å². The van der Waals surface area contributed by atoms with Crippen LogP contribution >= 0.6 is 0 Å². The molecule has 6 heteroatoms. The van der Waals surface area contributed by atoms with Gasteiger partial charge in [0.25, 0.3) is 5.91 Å². The van der Waals surface area contributed by atoms with E-state index in [9.17, 15) is 10.0 Å². The highest BCUT2D eigenvalue weighted by atomic mass is 16.5. The molecule has 0 fully saturated rings. The number of likely N-dealkylation sites (N-methyl/N-ethyl adjacent to an activating group) is 1. The van der Waals surface area contributed by atoms with E-state index in [1.54, 1.807) is 23.4 Å². The van der Waals surface area contributed by atoms with Crippen LogP contribution in [0.15, 0.2) is 77.1 Å². The monoisotopic (exact) mass is 371 g/mol. The Morgan fingerprint density at radius 1 is 1.07 bits per heavy atom. The summed E-state index contributed by atoms with van der Waals surface area (Å²) < 4.78 is 5.88. The van der Waals surface area contributed by atoms with E-state index in [0.29, 0.717) is 17.0 Å². The standard InChI is InChI=1S/C22H17N3O3/c1-24(27)18-13-25(15-5-4-10-23-12-15)22(26)21(18)14-8-9-20-17(11-14)16-6-2-3-7-19(16)28-20/h2-12,27H,13H2,1H3. The molecule has 0 aliphatic carbocycles. The maximum atomic E-state index is 13.2. The summed E-state index contributed by atoms with van der Waals surface area (Å²) >= 11 is 0. The van der Waals surface area contributed by atoms with Gasteiger partial charge in [-0.15, -0.1) is 0 Å². The fourth-order valence-electron chi connectivity index (χ4n) is 3.72. The number of carbonyl (C=O) groups excluding carboxylic acids is 1. The average Bonchev–Trinajstić information content (AvgIpc) is 3.26. The van der Waals surface area contributed by atoms with E-state index in [0.717, 1.165) is 32.6 Å². The first-order chi connectivity index (χ1) is 13.6. The SMILES string of the molecule is CN(O)C1=C(c2ccc3oc4ccccc4c3c2)C(=O)N(c2cccnc2)C1. The fraction of sp³-hybridized carbons (Fsp3) is 0.0909. The van der Waals surface area contributed by atoms with Gasteiger partial charge in [0, 0.05) is 24.0 Å². The van der Waals surface area contributed by atoms with Crippen LogP contribution in [0.4, 0.5) is 5.69 Å². The Bertz CT molecular complexity index is 1240. The van der Waals surface area contributed by atoms with Gasteiger partial charge >= 0.3 is 0 Å². The van der Waals surface area contributed by atoms with Crippen molar-refractivity contribution in [2.24, 2.45) is 0 Å². The van der Waals surface area contributed by atoms with E-state index in [2.05, 4.69) is 4.98 Å². The van der Waals surface area contributed by atoms with Gasteiger partial charge in [-0.2, -0.15) is 0 Å². The molecule has 0 saturated carbocycles. The zero-order valence-electron chi connectivity index (χ0n) is 15.2. The number of para-hydroxylation sites is 1. The van der Waals surface area contributed by atoms with Gasteiger partial charge in [-0.3, -0.25) is 20.0 Å². The smallest absolute Gasteiger partial charge is 0.261 e. The van der Waals surface area contributed by atoms with Crippen LogP contribution in [0.2, 0.25) is 0 Å². The summed E-state index contributed by atoms with van der Waals surface area (Å²) in [4.78, 5) is 19.0. The molecular formula is C22H17N3O3. The van der Waals surface area contributed by atoms with Gasteiger partial charge in [-0.25, -0.2) is 0 Å². The first kappa shape index (κ1) is 16.5. The third-order valence-electron chi connectivity index (χ3n) is 5.07. The molecule has 1 aliphatic rings. The number of rotatable bonds is 3. The summed E-state index contributed by atoms with van der Waals surface area (Å²) in [6, 6.07) is 17.1. The number of furan rings is 1. The van der Waals surface area contributed by atoms with Crippen LogP contribution in [0.5, 0.6) is 0 Å². The molecule has 5 rings (SSSR count). The molecule has 3 heterocycles. The number of nitrogens with zero attached hydrogens (tertiary/aromatic N) is 3. The molecule has 138 valence electrons. The number of hydrogen-bond acceptors (Lipinski definition) is 5. The fourth-order valence-corrected chi connectivity index (χ4v) is 3.72. The van der Waals surface area contributed by atoms with Crippen molar-refractivity contribution in [2.45, 2.75) is 0 Å².